The second kappa shape index (κ2) is 3.52. The third kappa shape index (κ3) is 1.33. The minimum atomic E-state index is 0.857. The maximum absolute atomic E-state index is 4.45. The van der Waals surface area contributed by atoms with Crippen LogP contribution in [0.4, 0.5) is 17.2 Å². The van der Waals surface area contributed by atoms with Gasteiger partial charge in [0, 0.05) is 18.9 Å². The number of benzene rings is 1. The van der Waals surface area contributed by atoms with E-state index in [9.17, 15) is 0 Å². The molecule has 3 rings (SSSR count). The molecule has 0 fully saturated rings. The molecule has 2 aromatic rings. The molecule has 80 valence electrons. The van der Waals surface area contributed by atoms with Gasteiger partial charge in [-0.3, -0.25) is 0 Å². The van der Waals surface area contributed by atoms with Crippen LogP contribution in [0.3, 0.4) is 0 Å². The fourth-order valence-corrected chi connectivity index (χ4v) is 2.06. The van der Waals surface area contributed by atoms with Crippen molar-refractivity contribution in [2.45, 2.75) is 0 Å². The molecule has 0 radical (unpaired) electrons. The highest BCUT2D eigenvalue weighted by Crippen LogP contribution is 2.37. The van der Waals surface area contributed by atoms with Crippen LogP contribution in [0.2, 0.25) is 0 Å². The van der Waals surface area contributed by atoms with Gasteiger partial charge < -0.3 is 9.80 Å². The molecule has 0 unspecified atom stereocenters. The maximum atomic E-state index is 4.45. The molecule has 1 aromatic heterocycles. The number of rotatable bonds is 1. The van der Waals surface area contributed by atoms with Gasteiger partial charge in [0.25, 0.3) is 0 Å². The Morgan fingerprint density at radius 1 is 1.06 bits per heavy atom. The van der Waals surface area contributed by atoms with Gasteiger partial charge in [-0.15, -0.1) is 0 Å². The Kier molecular flexibility index (Phi) is 2.03. The summed E-state index contributed by atoms with van der Waals surface area (Å²) in [5.41, 5.74) is 2.37. The molecule has 2 heterocycles. The first-order valence-electron chi connectivity index (χ1n) is 5.35. The average molecular weight is 211 g/mol. The van der Waals surface area contributed by atoms with Crippen LogP contribution in [-0.4, -0.2) is 18.7 Å². The van der Waals surface area contributed by atoms with Gasteiger partial charge in [0.15, 0.2) is 5.82 Å². The van der Waals surface area contributed by atoms with Crippen LogP contribution in [0, 0.1) is 0 Å². The van der Waals surface area contributed by atoms with Crippen molar-refractivity contribution < 1.29 is 0 Å². The van der Waals surface area contributed by atoms with E-state index in [1.165, 1.54) is 11.4 Å². The van der Waals surface area contributed by atoms with Gasteiger partial charge in [-0.2, -0.15) is 0 Å². The minimum absolute atomic E-state index is 0.857. The van der Waals surface area contributed by atoms with E-state index in [1.807, 2.05) is 18.3 Å². The molecule has 3 heteroatoms. The highest BCUT2D eigenvalue weighted by Gasteiger charge is 2.24. The quantitative estimate of drug-likeness (QED) is 0.722. The zero-order chi connectivity index (χ0) is 11.0. The third-order valence-electron chi connectivity index (χ3n) is 2.85. The molecule has 0 N–H and O–H groups in total. The summed E-state index contributed by atoms with van der Waals surface area (Å²) in [6, 6.07) is 14.4. The molecular weight excluding hydrogens is 198 g/mol. The van der Waals surface area contributed by atoms with Gasteiger partial charge >= 0.3 is 0 Å². The Hall–Kier alpha value is -2.03. The monoisotopic (exact) mass is 211 g/mol. The maximum Gasteiger partial charge on any atom is 0.158 e. The summed E-state index contributed by atoms with van der Waals surface area (Å²) < 4.78 is 0. The van der Waals surface area contributed by atoms with Crippen molar-refractivity contribution in [1.29, 1.82) is 0 Å². The Morgan fingerprint density at radius 3 is 2.69 bits per heavy atom. The van der Waals surface area contributed by atoms with E-state index >= 15 is 0 Å². The van der Waals surface area contributed by atoms with E-state index in [1.54, 1.807) is 0 Å². The van der Waals surface area contributed by atoms with Gasteiger partial charge in [-0.1, -0.05) is 18.2 Å². The lowest BCUT2D eigenvalue weighted by atomic mass is 10.3. The molecule has 0 saturated heterocycles. The van der Waals surface area contributed by atoms with Crippen LogP contribution < -0.4 is 9.80 Å². The van der Waals surface area contributed by atoms with Crippen LogP contribution in [0.5, 0.6) is 0 Å². The van der Waals surface area contributed by atoms with E-state index in [2.05, 4.69) is 52.2 Å². The zero-order valence-corrected chi connectivity index (χ0v) is 9.17. The van der Waals surface area contributed by atoms with Crippen LogP contribution in [0.1, 0.15) is 0 Å². The number of pyridine rings is 1. The molecule has 1 aliphatic rings. The van der Waals surface area contributed by atoms with Gasteiger partial charge in [-0.05, 0) is 24.3 Å². The number of fused-ring (bicyclic) bond motifs is 1. The summed E-state index contributed by atoms with van der Waals surface area (Å²) in [5.74, 6) is 1.04. The van der Waals surface area contributed by atoms with Crippen LogP contribution in [0.25, 0.3) is 0 Å². The van der Waals surface area contributed by atoms with E-state index in [-0.39, 0.29) is 0 Å². The molecule has 0 amide bonds. The van der Waals surface area contributed by atoms with Crippen molar-refractivity contribution in [3.63, 3.8) is 0 Å². The highest BCUT2D eigenvalue weighted by atomic mass is 15.4. The summed E-state index contributed by atoms with van der Waals surface area (Å²) in [5, 5.41) is 0. The smallest absolute Gasteiger partial charge is 0.158 e. The lowest BCUT2D eigenvalue weighted by Gasteiger charge is -2.18. The molecule has 0 atom stereocenters. The first-order valence-corrected chi connectivity index (χ1v) is 5.35. The molecule has 0 bridgehead atoms. The topological polar surface area (TPSA) is 19.4 Å². The van der Waals surface area contributed by atoms with Crippen molar-refractivity contribution in [3.8, 4) is 0 Å². The number of nitrogens with zero attached hydrogens (tertiary/aromatic N) is 3. The molecule has 0 aliphatic carbocycles. The van der Waals surface area contributed by atoms with Crippen molar-refractivity contribution in [2.24, 2.45) is 0 Å². The Bertz CT molecular complexity index is 496. The molecule has 0 saturated carbocycles. The first-order chi connectivity index (χ1) is 7.86. The fourth-order valence-electron chi connectivity index (χ4n) is 2.06. The van der Waals surface area contributed by atoms with Crippen molar-refractivity contribution in [3.05, 3.63) is 48.7 Å². The Labute approximate surface area is 95.0 Å². The molecule has 1 aromatic carbocycles. The minimum Gasteiger partial charge on any atom is -0.354 e. The summed E-state index contributed by atoms with van der Waals surface area (Å²) in [7, 11) is 2.09. The van der Waals surface area contributed by atoms with Crippen LogP contribution in [-0.2, 0) is 0 Å². The van der Waals surface area contributed by atoms with E-state index in [4.69, 9.17) is 0 Å². The van der Waals surface area contributed by atoms with Crippen LogP contribution in [0.15, 0.2) is 48.7 Å². The molecule has 3 nitrogen and oxygen atoms in total. The zero-order valence-electron chi connectivity index (χ0n) is 9.17. The number of anilines is 3. The molecule has 0 spiro atoms. The van der Waals surface area contributed by atoms with Crippen molar-refractivity contribution >= 4 is 17.2 Å². The Balaban J connectivity index is 2.07. The molecular formula is C13H13N3. The SMILES string of the molecule is CN1CN(c2ccccc2)c2ncccc21. The van der Waals surface area contributed by atoms with Crippen LogP contribution >= 0.6 is 0 Å². The normalized spacial score (nSPS) is 14.1. The van der Waals surface area contributed by atoms with E-state index in [0.29, 0.717) is 0 Å². The predicted molar refractivity (Wildman–Crippen MR) is 66.1 cm³/mol. The lowest BCUT2D eigenvalue weighted by molar-refractivity contribution is 0.944. The molecule has 1 aliphatic heterocycles. The van der Waals surface area contributed by atoms with Crippen molar-refractivity contribution in [1.82, 2.24) is 4.98 Å². The standard InChI is InChI=1S/C13H13N3/c1-15-10-16(11-6-3-2-4-7-11)13-12(15)8-5-9-14-13/h2-9H,10H2,1H3. The number of hydrogen-bond acceptors (Lipinski definition) is 3. The second-order valence-electron chi connectivity index (χ2n) is 3.95. The fraction of sp³-hybridized carbons (Fsp3) is 0.154. The summed E-state index contributed by atoms with van der Waals surface area (Å²) in [4.78, 5) is 8.87. The predicted octanol–water partition coefficient (Wildman–Crippen LogP) is 2.63. The Morgan fingerprint density at radius 2 is 1.88 bits per heavy atom. The summed E-state index contributed by atoms with van der Waals surface area (Å²) in [6.07, 6.45) is 1.84. The van der Waals surface area contributed by atoms with E-state index < -0.39 is 0 Å². The first kappa shape index (κ1) is 9.21. The third-order valence-corrected chi connectivity index (χ3v) is 2.85. The second-order valence-corrected chi connectivity index (χ2v) is 3.95. The highest BCUT2D eigenvalue weighted by molar-refractivity contribution is 5.78. The van der Waals surface area contributed by atoms with E-state index in [0.717, 1.165) is 12.5 Å². The number of para-hydroxylation sites is 1. The van der Waals surface area contributed by atoms with Gasteiger partial charge in [-0.25, -0.2) is 4.98 Å². The van der Waals surface area contributed by atoms with Gasteiger partial charge in [0.1, 0.15) is 0 Å². The van der Waals surface area contributed by atoms with Gasteiger partial charge in [0.2, 0.25) is 0 Å². The summed E-state index contributed by atoms with van der Waals surface area (Å²) >= 11 is 0. The largest absolute Gasteiger partial charge is 0.354 e. The van der Waals surface area contributed by atoms with Gasteiger partial charge in [0.05, 0.1) is 12.4 Å². The van der Waals surface area contributed by atoms with Crippen molar-refractivity contribution in [2.75, 3.05) is 23.5 Å². The number of hydrogen-bond donors (Lipinski definition) is 0. The number of aromatic nitrogens is 1. The summed E-state index contributed by atoms with van der Waals surface area (Å²) in [6.45, 7) is 0.857. The molecule has 16 heavy (non-hydrogen) atoms. The lowest BCUT2D eigenvalue weighted by Crippen LogP contribution is -2.24. The average Bonchev–Trinajstić information content (AvgIpc) is 2.69.